The lowest BCUT2D eigenvalue weighted by Crippen LogP contribution is -2.46. The van der Waals surface area contributed by atoms with Crippen LogP contribution >= 0.6 is 12.2 Å². The van der Waals surface area contributed by atoms with E-state index in [-0.39, 0.29) is 23.3 Å². The van der Waals surface area contributed by atoms with Gasteiger partial charge in [-0.3, -0.25) is 9.59 Å². The van der Waals surface area contributed by atoms with Gasteiger partial charge in [-0.25, -0.2) is 0 Å². The van der Waals surface area contributed by atoms with Gasteiger partial charge in [-0.1, -0.05) is 12.2 Å². The number of carbonyl (C=O) groups excluding carboxylic acids is 2. The molecule has 0 fully saturated rings. The molecule has 0 aromatic carbocycles. The molecule has 0 aromatic heterocycles. The molecule has 1 amide bonds. The molecule has 0 saturated heterocycles. The number of hydrogen-bond acceptors (Lipinski definition) is 4. The summed E-state index contributed by atoms with van der Waals surface area (Å²) in [5, 5.41) is 0. The highest BCUT2D eigenvalue weighted by molar-refractivity contribution is 7.80. The Balaban J connectivity index is 4.33. The minimum atomic E-state index is -0.890. The molecule has 0 radical (unpaired) electrons. The van der Waals surface area contributed by atoms with Gasteiger partial charge in [-0.2, -0.15) is 0 Å². The number of ether oxygens (including phenoxy) is 1. The monoisotopic (exact) mass is 260 g/mol. The molecule has 0 saturated carbocycles. The van der Waals surface area contributed by atoms with Gasteiger partial charge in [0.1, 0.15) is 0 Å². The maximum absolute atomic E-state index is 12.0. The van der Waals surface area contributed by atoms with E-state index in [0.29, 0.717) is 13.2 Å². The summed E-state index contributed by atoms with van der Waals surface area (Å²) in [5.74, 6) is -0.519. The van der Waals surface area contributed by atoms with E-state index in [0.717, 1.165) is 0 Å². The lowest BCUT2D eigenvalue weighted by molar-refractivity contribution is -0.144. The van der Waals surface area contributed by atoms with E-state index in [1.807, 2.05) is 0 Å². The summed E-state index contributed by atoms with van der Waals surface area (Å²) < 4.78 is 4.78. The predicted molar refractivity (Wildman–Crippen MR) is 69.5 cm³/mol. The van der Waals surface area contributed by atoms with Crippen molar-refractivity contribution in [2.45, 2.75) is 27.2 Å². The minimum Gasteiger partial charge on any atom is -0.466 e. The van der Waals surface area contributed by atoms with Gasteiger partial charge < -0.3 is 15.4 Å². The second-order valence-corrected chi connectivity index (χ2v) is 4.71. The van der Waals surface area contributed by atoms with E-state index in [1.54, 1.807) is 27.8 Å². The first-order chi connectivity index (χ1) is 7.73. The zero-order valence-corrected chi connectivity index (χ0v) is 11.6. The SMILES string of the molecule is CCOC(=O)CCN(C)C(=O)C(C)(C)C(N)=S. The van der Waals surface area contributed by atoms with Crippen molar-refractivity contribution in [1.82, 2.24) is 4.90 Å². The zero-order chi connectivity index (χ0) is 13.6. The van der Waals surface area contributed by atoms with E-state index >= 15 is 0 Å². The molecule has 0 aliphatic carbocycles. The summed E-state index contributed by atoms with van der Waals surface area (Å²) in [5.41, 5.74) is 4.61. The van der Waals surface area contributed by atoms with Crippen molar-refractivity contribution in [1.29, 1.82) is 0 Å². The third-order valence-corrected chi connectivity index (χ3v) is 2.96. The van der Waals surface area contributed by atoms with Crippen LogP contribution in [0, 0.1) is 5.41 Å². The van der Waals surface area contributed by atoms with Gasteiger partial charge in [0.2, 0.25) is 5.91 Å². The second-order valence-electron chi connectivity index (χ2n) is 4.27. The summed E-state index contributed by atoms with van der Waals surface area (Å²) in [6, 6.07) is 0. The van der Waals surface area contributed by atoms with Crippen LogP contribution in [0.15, 0.2) is 0 Å². The lowest BCUT2D eigenvalue weighted by atomic mass is 9.92. The minimum absolute atomic E-state index is 0.144. The molecule has 0 unspecified atom stereocenters. The Morgan fingerprint density at radius 2 is 1.94 bits per heavy atom. The molecular formula is C11H20N2O3S. The Morgan fingerprint density at radius 1 is 1.41 bits per heavy atom. The smallest absolute Gasteiger partial charge is 0.307 e. The molecule has 6 heteroatoms. The molecule has 0 heterocycles. The highest BCUT2D eigenvalue weighted by Crippen LogP contribution is 2.18. The van der Waals surface area contributed by atoms with Crippen LogP contribution in [-0.4, -0.2) is 42.0 Å². The van der Waals surface area contributed by atoms with Crippen molar-refractivity contribution in [3.63, 3.8) is 0 Å². The van der Waals surface area contributed by atoms with E-state index in [1.165, 1.54) is 4.90 Å². The maximum atomic E-state index is 12.0. The highest BCUT2D eigenvalue weighted by atomic mass is 32.1. The topological polar surface area (TPSA) is 72.6 Å². The number of hydrogen-bond donors (Lipinski definition) is 1. The first-order valence-corrected chi connectivity index (χ1v) is 5.85. The van der Waals surface area contributed by atoms with Crippen LogP contribution in [0.4, 0.5) is 0 Å². The van der Waals surface area contributed by atoms with E-state index in [4.69, 9.17) is 22.7 Å². The van der Waals surface area contributed by atoms with Crippen molar-refractivity contribution in [2.75, 3.05) is 20.2 Å². The summed E-state index contributed by atoms with van der Waals surface area (Å²) in [4.78, 5) is 24.7. The molecule has 0 aliphatic heterocycles. The van der Waals surface area contributed by atoms with Crippen LogP contribution in [0.25, 0.3) is 0 Å². The van der Waals surface area contributed by atoms with Crippen LogP contribution in [0.1, 0.15) is 27.2 Å². The van der Waals surface area contributed by atoms with Crippen molar-refractivity contribution in [3.8, 4) is 0 Å². The molecule has 5 nitrogen and oxygen atoms in total. The van der Waals surface area contributed by atoms with Crippen molar-refractivity contribution >= 4 is 29.1 Å². The predicted octanol–water partition coefficient (Wildman–Crippen LogP) is 0.710. The van der Waals surface area contributed by atoms with Gasteiger partial charge >= 0.3 is 5.97 Å². The maximum Gasteiger partial charge on any atom is 0.307 e. The third kappa shape index (κ3) is 4.68. The van der Waals surface area contributed by atoms with Crippen molar-refractivity contribution in [3.05, 3.63) is 0 Å². The number of amides is 1. The summed E-state index contributed by atoms with van der Waals surface area (Å²) in [6.45, 7) is 5.71. The summed E-state index contributed by atoms with van der Waals surface area (Å²) in [7, 11) is 1.61. The molecule has 0 bridgehead atoms. The third-order valence-electron chi connectivity index (χ3n) is 2.45. The molecule has 98 valence electrons. The molecule has 0 aliphatic rings. The van der Waals surface area contributed by atoms with Crippen molar-refractivity contribution < 1.29 is 14.3 Å². The first-order valence-electron chi connectivity index (χ1n) is 5.44. The van der Waals surface area contributed by atoms with Gasteiger partial charge in [0, 0.05) is 13.6 Å². The normalized spacial score (nSPS) is 10.8. The molecular weight excluding hydrogens is 240 g/mol. The average Bonchev–Trinajstić information content (AvgIpc) is 2.24. The number of esters is 1. The molecule has 0 atom stereocenters. The van der Waals surface area contributed by atoms with Gasteiger partial charge in [-0.15, -0.1) is 0 Å². The number of thiocarbonyl (C=S) groups is 1. The van der Waals surface area contributed by atoms with Gasteiger partial charge in [0.05, 0.1) is 23.4 Å². The second kappa shape index (κ2) is 6.54. The van der Waals surface area contributed by atoms with Gasteiger partial charge in [0.25, 0.3) is 0 Å². The lowest BCUT2D eigenvalue weighted by Gasteiger charge is -2.28. The Labute approximate surface area is 107 Å². The van der Waals surface area contributed by atoms with E-state index in [2.05, 4.69) is 0 Å². The Morgan fingerprint density at radius 3 is 2.35 bits per heavy atom. The summed E-state index contributed by atoms with van der Waals surface area (Å²) >= 11 is 4.84. The Bertz CT molecular complexity index is 316. The average molecular weight is 260 g/mol. The fourth-order valence-corrected chi connectivity index (χ4v) is 1.26. The number of nitrogens with two attached hydrogens (primary N) is 1. The number of carbonyl (C=O) groups is 2. The molecule has 0 rings (SSSR count). The molecule has 0 spiro atoms. The Hall–Kier alpha value is -1.17. The van der Waals surface area contributed by atoms with Crippen LogP contribution in [0.5, 0.6) is 0 Å². The fraction of sp³-hybridized carbons (Fsp3) is 0.727. The zero-order valence-electron chi connectivity index (χ0n) is 10.8. The van der Waals surface area contributed by atoms with Crippen LogP contribution in [0.2, 0.25) is 0 Å². The van der Waals surface area contributed by atoms with Gasteiger partial charge in [0.15, 0.2) is 0 Å². The molecule has 0 aromatic rings. The van der Waals surface area contributed by atoms with Crippen LogP contribution < -0.4 is 5.73 Å². The van der Waals surface area contributed by atoms with Gasteiger partial charge in [-0.05, 0) is 20.8 Å². The van der Waals surface area contributed by atoms with E-state index < -0.39 is 5.41 Å². The number of nitrogens with zero attached hydrogens (tertiary/aromatic N) is 1. The first kappa shape index (κ1) is 15.8. The highest BCUT2D eigenvalue weighted by Gasteiger charge is 2.33. The van der Waals surface area contributed by atoms with Crippen LogP contribution in [-0.2, 0) is 14.3 Å². The fourth-order valence-electron chi connectivity index (χ4n) is 1.18. The quantitative estimate of drug-likeness (QED) is 0.562. The Kier molecular flexibility index (Phi) is 6.09. The number of rotatable bonds is 6. The molecule has 2 N–H and O–H groups in total. The summed E-state index contributed by atoms with van der Waals surface area (Å²) in [6.07, 6.45) is 0.170. The molecule has 17 heavy (non-hydrogen) atoms. The van der Waals surface area contributed by atoms with E-state index in [9.17, 15) is 9.59 Å². The van der Waals surface area contributed by atoms with Crippen LogP contribution in [0.3, 0.4) is 0 Å². The standard InChI is InChI=1S/C11H20N2O3S/c1-5-16-8(14)6-7-13(4)10(15)11(2,3)9(12)17/h5-7H2,1-4H3,(H2,12,17). The largest absolute Gasteiger partial charge is 0.466 e. The van der Waals surface area contributed by atoms with Crippen molar-refractivity contribution in [2.24, 2.45) is 11.1 Å².